The van der Waals surface area contributed by atoms with E-state index in [4.69, 9.17) is 6.42 Å². The molecule has 23 heavy (non-hydrogen) atoms. The first-order valence-corrected chi connectivity index (χ1v) is 9.10. The zero-order valence-electron chi connectivity index (χ0n) is 12.5. The van der Waals surface area contributed by atoms with Gasteiger partial charge in [0.15, 0.2) is 4.80 Å². The van der Waals surface area contributed by atoms with Gasteiger partial charge in [-0.3, -0.25) is 4.79 Å². The van der Waals surface area contributed by atoms with Crippen LogP contribution in [0.15, 0.2) is 23.2 Å². The molecule has 0 atom stereocenters. The summed E-state index contributed by atoms with van der Waals surface area (Å²) in [7, 11) is -2.18. The highest BCUT2D eigenvalue weighted by Gasteiger charge is 2.15. The molecule has 0 aliphatic rings. The number of rotatable bonds is 4. The molecule has 9 heteroatoms. The summed E-state index contributed by atoms with van der Waals surface area (Å²) in [4.78, 5) is 16.2. The predicted octanol–water partition coefficient (Wildman–Crippen LogP) is 0.794. The summed E-state index contributed by atoms with van der Waals surface area (Å²) in [5, 5.41) is 0. The molecule has 1 aromatic carbocycles. The molecule has 0 bridgehead atoms. The number of aromatic nitrogens is 1. The molecular weight excluding hydrogens is 341 g/mol. The molecule has 1 amide bonds. The quantitative estimate of drug-likeness (QED) is 0.762. The Morgan fingerprint density at radius 2 is 2.22 bits per heavy atom. The highest BCUT2D eigenvalue weighted by atomic mass is 32.2. The Kier molecular flexibility index (Phi) is 4.99. The fourth-order valence-electron chi connectivity index (χ4n) is 1.83. The number of carbonyl (C=O) groups excluding carboxylic acids is 1. The van der Waals surface area contributed by atoms with Gasteiger partial charge in [-0.25, -0.2) is 12.8 Å². The highest BCUT2D eigenvalue weighted by molar-refractivity contribution is 7.88. The first kappa shape index (κ1) is 17.3. The van der Waals surface area contributed by atoms with E-state index in [0.717, 1.165) is 21.9 Å². The Balaban J connectivity index is 2.47. The van der Waals surface area contributed by atoms with Crippen LogP contribution in [-0.2, 0) is 21.4 Å². The first-order chi connectivity index (χ1) is 10.7. The van der Waals surface area contributed by atoms with Crippen LogP contribution in [0.1, 0.15) is 0 Å². The molecule has 0 unspecified atom stereocenters. The molecule has 0 fully saturated rings. The third-order valence-corrected chi connectivity index (χ3v) is 5.34. The summed E-state index contributed by atoms with van der Waals surface area (Å²) in [5.41, 5.74) is 0.664. The van der Waals surface area contributed by atoms with E-state index in [1.807, 2.05) is 0 Å². The average molecular weight is 355 g/mol. The van der Waals surface area contributed by atoms with Crippen molar-refractivity contribution >= 4 is 37.5 Å². The van der Waals surface area contributed by atoms with Gasteiger partial charge in [0.1, 0.15) is 5.82 Å². The van der Waals surface area contributed by atoms with E-state index in [-0.39, 0.29) is 13.1 Å². The largest absolute Gasteiger partial charge is 0.305 e. The number of sulfonamides is 1. The van der Waals surface area contributed by atoms with Crippen LogP contribution in [0.2, 0.25) is 0 Å². The number of thiazole rings is 1. The fraction of sp³-hybridized carbons (Fsp3) is 0.286. The van der Waals surface area contributed by atoms with Gasteiger partial charge in [0.2, 0.25) is 10.0 Å². The van der Waals surface area contributed by atoms with Crippen LogP contribution in [0, 0.1) is 18.2 Å². The first-order valence-electron chi connectivity index (χ1n) is 6.43. The van der Waals surface area contributed by atoms with Crippen LogP contribution >= 0.6 is 11.3 Å². The van der Waals surface area contributed by atoms with E-state index in [1.54, 1.807) is 10.6 Å². The standard InChI is InChI=1S/C14H14FN3O3S2/c1-4-7-18-11-6-5-10(15)8-12(11)22-14(18)16-13(19)9-17(2)23(3,20)21/h1,5-6,8H,7,9H2,2-3H3. The van der Waals surface area contributed by atoms with Gasteiger partial charge in [-0.15, -0.1) is 6.42 Å². The topological polar surface area (TPSA) is 71.7 Å². The minimum Gasteiger partial charge on any atom is -0.305 e. The normalized spacial score (nSPS) is 12.7. The van der Waals surface area contributed by atoms with E-state index >= 15 is 0 Å². The summed E-state index contributed by atoms with van der Waals surface area (Å²) in [5.74, 6) is 1.42. The number of likely N-dealkylation sites (N-methyl/N-ethyl adjacent to an activating group) is 1. The SMILES string of the molecule is C#CCn1c(=NC(=O)CN(C)S(C)(=O)=O)sc2cc(F)ccc21. The van der Waals surface area contributed by atoms with Crippen molar-refractivity contribution in [2.75, 3.05) is 19.8 Å². The molecule has 0 radical (unpaired) electrons. The lowest BCUT2D eigenvalue weighted by molar-refractivity contribution is -0.118. The van der Waals surface area contributed by atoms with Crippen molar-refractivity contribution in [2.24, 2.45) is 4.99 Å². The molecule has 0 aliphatic carbocycles. The summed E-state index contributed by atoms with van der Waals surface area (Å²) in [6, 6.07) is 4.19. The maximum Gasteiger partial charge on any atom is 0.263 e. The van der Waals surface area contributed by atoms with Crippen molar-refractivity contribution in [3.8, 4) is 12.3 Å². The van der Waals surface area contributed by atoms with Crippen molar-refractivity contribution in [1.82, 2.24) is 8.87 Å². The average Bonchev–Trinajstić information content (AvgIpc) is 2.75. The number of terminal acetylenes is 1. The van der Waals surface area contributed by atoms with Crippen LogP contribution in [0.25, 0.3) is 10.2 Å². The zero-order valence-corrected chi connectivity index (χ0v) is 14.1. The summed E-state index contributed by atoms with van der Waals surface area (Å²) in [6.45, 7) is -0.211. The Bertz CT molecular complexity index is 967. The second-order valence-corrected chi connectivity index (χ2v) is 7.91. The molecule has 1 aromatic heterocycles. The highest BCUT2D eigenvalue weighted by Crippen LogP contribution is 2.18. The Labute approximate surface area is 136 Å². The summed E-state index contributed by atoms with van der Waals surface area (Å²) in [6.07, 6.45) is 6.32. The Morgan fingerprint density at radius 3 is 2.83 bits per heavy atom. The molecule has 0 saturated carbocycles. The van der Waals surface area contributed by atoms with Gasteiger partial charge in [0, 0.05) is 7.05 Å². The molecule has 2 rings (SSSR count). The van der Waals surface area contributed by atoms with Crippen molar-refractivity contribution in [3.63, 3.8) is 0 Å². The lowest BCUT2D eigenvalue weighted by Gasteiger charge is -2.10. The number of hydrogen-bond acceptors (Lipinski definition) is 4. The number of fused-ring (bicyclic) bond motifs is 1. The second kappa shape index (κ2) is 6.62. The monoisotopic (exact) mass is 355 g/mol. The number of hydrogen-bond donors (Lipinski definition) is 0. The molecular formula is C14H14FN3O3S2. The minimum atomic E-state index is -3.47. The van der Waals surface area contributed by atoms with Gasteiger partial charge < -0.3 is 4.57 Å². The predicted molar refractivity (Wildman–Crippen MR) is 86.6 cm³/mol. The van der Waals surface area contributed by atoms with Crippen molar-refractivity contribution in [1.29, 1.82) is 0 Å². The molecule has 1 heterocycles. The Hall–Kier alpha value is -2.02. The van der Waals surface area contributed by atoms with Gasteiger partial charge in [0.05, 0.1) is 29.6 Å². The van der Waals surface area contributed by atoms with Crippen LogP contribution < -0.4 is 4.80 Å². The van der Waals surface area contributed by atoms with Crippen LogP contribution in [0.4, 0.5) is 4.39 Å². The molecule has 122 valence electrons. The van der Waals surface area contributed by atoms with Gasteiger partial charge >= 0.3 is 0 Å². The number of benzene rings is 1. The number of carbonyl (C=O) groups is 1. The molecule has 6 nitrogen and oxygen atoms in total. The third-order valence-electron chi connectivity index (χ3n) is 3.04. The van der Waals surface area contributed by atoms with Crippen LogP contribution in [0.5, 0.6) is 0 Å². The summed E-state index contributed by atoms with van der Waals surface area (Å²) >= 11 is 1.11. The maximum absolute atomic E-state index is 13.3. The van der Waals surface area contributed by atoms with Crippen molar-refractivity contribution in [2.45, 2.75) is 6.54 Å². The van der Waals surface area contributed by atoms with Gasteiger partial charge in [-0.1, -0.05) is 17.3 Å². The zero-order chi connectivity index (χ0) is 17.2. The van der Waals surface area contributed by atoms with E-state index < -0.39 is 21.7 Å². The van der Waals surface area contributed by atoms with E-state index in [2.05, 4.69) is 10.9 Å². The molecule has 0 N–H and O–H groups in total. The van der Waals surface area contributed by atoms with Crippen LogP contribution in [0.3, 0.4) is 0 Å². The molecule has 0 spiro atoms. The van der Waals surface area contributed by atoms with E-state index in [1.165, 1.54) is 19.2 Å². The lowest BCUT2D eigenvalue weighted by atomic mass is 10.3. The van der Waals surface area contributed by atoms with Gasteiger partial charge in [-0.05, 0) is 18.2 Å². The lowest BCUT2D eigenvalue weighted by Crippen LogP contribution is -2.31. The van der Waals surface area contributed by atoms with Crippen LogP contribution in [-0.4, -0.2) is 43.0 Å². The number of halogens is 1. The molecule has 0 saturated heterocycles. The molecule has 0 aliphatic heterocycles. The van der Waals surface area contributed by atoms with Gasteiger partial charge in [0.25, 0.3) is 5.91 Å². The van der Waals surface area contributed by atoms with E-state index in [9.17, 15) is 17.6 Å². The van der Waals surface area contributed by atoms with Crippen molar-refractivity contribution in [3.05, 3.63) is 28.8 Å². The second-order valence-electron chi connectivity index (χ2n) is 4.81. The van der Waals surface area contributed by atoms with E-state index in [0.29, 0.717) is 15.0 Å². The fourth-order valence-corrected chi connectivity index (χ4v) is 3.24. The number of nitrogens with zero attached hydrogens (tertiary/aromatic N) is 3. The minimum absolute atomic E-state index is 0.166. The maximum atomic E-state index is 13.3. The smallest absolute Gasteiger partial charge is 0.263 e. The number of amides is 1. The third kappa shape index (κ3) is 4.04. The van der Waals surface area contributed by atoms with Gasteiger partial charge in [-0.2, -0.15) is 9.30 Å². The summed E-state index contributed by atoms with van der Waals surface area (Å²) < 4.78 is 39.1. The Morgan fingerprint density at radius 1 is 1.52 bits per heavy atom. The van der Waals surface area contributed by atoms with Crippen molar-refractivity contribution < 1.29 is 17.6 Å². The molecule has 2 aromatic rings.